The van der Waals surface area contributed by atoms with Gasteiger partial charge in [0.2, 0.25) is 6.79 Å². The number of benzene rings is 1. The van der Waals surface area contributed by atoms with Gasteiger partial charge in [0.05, 0.1) is 10.6 Å². The highest BCUT2D eigenvalue weighted by atomic mass is 35.5. The van der Waals surface area contributed by atoms with Gasteiger partial charge in [-0.2, -0.15) is 0 Å². The third kappa shape index (κ3) is 2.30. The number of carboxylic acids is 1. The van der Waals surface area contributed by atoms with Gasteiger partial charge in [0.15, 0.2) is 11.5 Å². The van der Waals surface area contributed by atoms with Crippen LogP contribution in [0.15, 0.2) is 6.07 Å². The standard InChI is InChI=1S/C11H12ClNO5/c12-5-3-7-11(18-4-17-7)9(10(5)16)6(13)1-2-8(14)15/h3,6,16H,1-2,4,13H2,(H,14,15). The van der Waals surface area contributed by atoms with E-state index in [0.29, 0.717) is 11.5 Å². The third-order valence-corrected chi connectivity index (χ3v) is 2.95. The second-order valence-electron chi connectivity index (χ2n) is 3.89. The predicted octanol–water partition coefficient (Wildman–Crippen LogP) is 1.64. The Bertz CT molecular complexity index is 491. The number of fused-ring (bicyclic) bond motifs is 1. The van der Waals surface area contributed by atoms with E-state index in [2.05, 4.69) is 0 Å². The van der Waals surface area contributed by atoms with Crippen LogP contribution in [0.5, 0.6) is 17.2 Å². The lowest BCUT2D eigenvalue weighted by atomic mass is 10.00. The molecule has 0 fully saturated rings. The van der Waals surface area contributed by atoms with Gasteiger partial charge in [-0.05, 0) is 6.42 Å². The fourth-order valence-corrected chi connectivity index (χ4v) is 1.99. The summed E-state index contributed by atoms with van der Waals surface area (Å²) in [7, 11) is 0. The first-order valence-electron chi connectivity index (χ1n) is 5.29. The van der Waals surface area contributed by atoms with Crippen molar-refractivity contribution in [3.63, 3.8) is 0 Å². The zero-order valence-corrected chi connectivity index (χ0v) is 10.1. The van der Waals surface area contributed by atoms with E-state index in [4.69, 9.17) is 31.9 Å². The minimum absolute atomic E-state index is 0.0216. The zero-order chi connectivity index (χ0) is 13.3. The molecule has 0 radical (unpaired) electrons. The third-order valence-electron chi connectivity index (χ3n) is 2.67. The molecule has 7 heteroatoms. The fraction of sp³-hybridized carbons (Fsp3) is 0.364. The van der Waals surface area contributed by atoms with Crippen molar-refractivity contribution in [1.29, 1.82) is 0 Å². The molecule has 0 aromatic heterocycles. The second kappa shape index (κ2) is 4.91. The van der Waals surface area contributed by atoms with E-state index in [1.165, 1.54) is 6.07 Å². The summed E-state index contributed by atoms with van der Waals surface area (Å²) >= 11 is 5.85. The Balaban J connectivity index is 2.34. The molecule has 1 aliphatic rings. The SMILES string of the molecule is NC(CCC(=O)O)c1c(O)c(Cl)cc2c1OCO2. The van der Waals surface area contributed by atoms with Gasteiger partial charge in [0.1, 0.15) is 5.75 Å². The number of nitrogens with two attached hydrogens (primary N) is 1. The Kier molecular flexibility index (Phi) is 3.49. The molecule has 1 aromatic carbocycles. The van der Waals surface area contributed by atoms with E-state index in [1.54, 1.807) is 0 Å². The van der Waals surface area contributed by atoms with Crippen LogP contribution in [0.3, 0.4) is 0 Å². The summed E-state index contributed by atoms with van der Waals surface area (Å²) in [6.07, 6.45) is 0.0573. The highest BCUT2D eigenvalue weighted by molar-refractivity contribution is 6.32. The Morgan fingerprint density at radius 3 is 2.94 bits per heavy atom. The number of carbonyl (C=O) groups is 1. The smallest absolute Gasteiger partial charge is 0.303 e. The molecule has 0 amide bonds. The van der Waals surface area contributed by atoms with Crippen molar-refractivity contribution in [3.8, 4) is 17.2 Å². The van der Waals surface area contributed by atoms with Crippen molar-refractivity contribution in [1.82, 2.24) is 0 Å². The van der Waals surface area contributed by atoms with Crippen LogP contribution in [0.25, 0.3) is 0 Å². The van der Waals surface area contributed by atoms with Crippen LogP contribution in [0.2, 0.25) is 5.02 Å². The summed E-state index contributed by atoms with van der Waals surface area (Å²) in [5.74, 6) is -0.423. The van der Waals surface area contributed by atoms with Gasteiger partial charge in [0, 0.05) is 18.5 Å². The number of ether oxygens (including phenoxy) is 2. The average Bonchev–Trinajstić information content (AvgIpc) is 2.74. The van der Waals surface area contributed by atoms with Crippen LogP contribution >= 0.6 is 11.6 Å². The quantitative estimate of drug-likeness (QED) is 0.771. The monoisotopic (exact) mass is 273 g/mol. The van der Waals surface area contributed by atoms with Crippen molar-refractivity contribution >= 4 is 17.6 Å². The van der Waals surface area contributed by atoms with Gasteiger partial charge in [-0.3, -0.25) is 4.79 Å². The molecule has 0 saturated carbocycles. The van der Waals surface area contributed by atoms with E-state index in [-0.39, 0.29) is 36.0 Å². The maximum absolute atomic E-state index is 10.5. The van der Waals surface area contributed by atoms with Crippen LogP contribution in [0, 0.1) is 0 Å². The summed E-state index contributed by atoms with van der Waals surface area (Å²) in [5.41, 5.74) is 6.16. The Morgan fingerprint density at radius 1 is 1.56 bits per heavy atom. The minimum Gasteiger partial charge on any atom is -0.506 e. The lowest BCUT2D eigenvalue weighted by molar-refractivity contribution is -0.137. The second-order valence-corrected chi connectivity index (χ2v) is 4.30. The maximum Gasteiger partial charge on any atom is 0.303 e. The summed E-state index contributed by atoms with van der Waals surface area (Å²) in [6.45, 7) is 0.0216. The molecule has 1 unspecified atom stereocenters. The number of aliphatic carboxylic acids is 1. The highest BCUT2D eigenvalue weighted by Crippen LogP contribution is 2.47. The first kappa shape index (κ1) is 12.8. The molecule has 0 saturated heterocycles. The number of carboxylic acid groups (broad SMARTS) is 1. The molecule has 0 bridgehead atoms. The molecule has 0 spiro atoms. The number of hydrogen-bond donors (Lipinski definition) is 3. The highest BCUT2D eigenvalue weighted by Gasteiger charge is 2.27. The zero-order valence-electron chi connectivity index (χ0n) is 9.35. The van der Waals surface area contributed by atoms with Crippen LogP contribution in [0.4, 0.5) is 0 Å². The molecule has 1 aromatic rings. The molecule has 1 heterocycles. The predicted molar refractivity (Wildman–Crippen MR) is 63.0 cm³/mol. The topological polar surface area (TPSA) is 102 Å². The van der Waals surface area contributed by atoms with Gasteiger partial charge >= 0.3 is 5.97 Å². The molecular formula is C11H12ClNO5. The first-order chi connectivity index (χ1) is 8.50. The van der Waals surface area contributed by atoms with Crippen molar-refractivity contribution in [2.24, 2.45) is 5.73 Å². The van der Waals surface area contributed by atoms with Crippen molar-refractivity contribution < 1.29 is 24.5 Å². The molecule has 1 atom stereocenters. The Labute approximate surface area is 108 Å². The molecule has 6 nitrogen and oxygen atoms in total. The number of phenolic OH excluding ortho intramolecular Hbond substituents is 1. The van der Waals surface area contributed by atoms with E-state index in [0.717, 1.165) is 0 Å². The van der Waals surface area contributed by atoms with Gasteiger partial charge in [-0.15, -0.1) is 0 Å². The van der Waals surface area contributed by atoms with Crippen molar-refractivity contribution in [2.45, 2.75) is 18.9 Å². The van der Waals surface area contributed by atoms with Crippen LogP contribution in [-0.2, 0) is 4.79 Å². The van der Waals surface area contributed by atoms with E-state index in [9.17, 15) is 9.90 Å². The van der Waals surface area contributed by atoms with Gasteiger partial charge in [-0.1, -0.05) is 11.6 Å². The maximum atomic E-state index is 10.5. The molecule has 98 valence electrons. The summed E-state index contributed by atoms with van der Waals surface area (Å²) in [4.78, 5) is 10.5. The molecule has 2 rings (SSSR count). The number of hydrogen-bond acceptors (Lipinski definition) is 5. The number of rotatable bonds is 4. The molecule has 0 aliphatic carbocycles. The van der Waals surface area contributed by atoms with E-state index >= 15 is 0 Å². The van der Waals surface area contributed by atoms with Crippen molar-refractivity contribution in [3.05, 3.63) is 16.7 Å². The lowest BCUT2D eigenvalue weighted by Crippen LogP contribution is -2.13. The largest absolute Gasteiger partial charge is 0.506 e. The summed E-state index contributed by atoms with van der Waals surface area (Å²) in [6, 6.07) is 0.752. The fourth-order valence-electron chi connectivity index (χ4n) is 1.79. The summed E-state index contributed by atoms with van der Waals surface area (Å²) < 4.78 is 10.4. The molecule has 4 N–H and O–H groups in total. The first-order valence-corrected chi connectivity index (χ1v) is 5.67. The lowest BCUT2D eigenvalue weighted by Gasteiger charge is -2.15. The summed E-state index contributed by atoms with van der Waals surface area (Å²) in [5, 5.41) is 18.6. The number of halogens is 1. The number of phenols is 1. The van der Waals surface area contributed by atoms with Crippen LogP contribution < -0.4 is 15.2 Å². The molecular weight excluding hydrogens is 262 g/mol. The molecule has 18 heavy (non-hydrogen) atoms. The van der Waals surface area contributed by atoms with Gasteiger partial charge in [0.25, 0.3) is 0 Å². The minimum atomic E-state index is -0.958. The van der Waals surface area contributed by atoms with Crippen LogP contribution in [0.1, 0.15) is 24.4 Å². The average molecular weight is 274 g/mol. The Morgan fingerprint density at radius 2 is 2.28 bits per heavy atom. The van der Waals surface area contributed by atoms with Crippen LogP contribution in [-0.4, -0.2) is 23.0 Å². The van der Waals surface area contributed by atoms with E-state index in [1.807, 2.05) is 0 Å². The normalized spacial score (nSPS) is 14.6. The number of aromatic hydroxyl groups is 1. The Hall–Kier alpha value is -1.66. The molecule has 1 aliphatic heterocycles. The van der Waals surface area contributed by atoms with Gasteiger partial charge in [-0.25, -0.2) is 0 Å². The van der Waals surface area contributed by atoms with E-state index < -0.39 is 12.0 Å². The van der Waals surface area contributed by atoms with Crippen molar-refractivity contribution in [2.75, 3.05) is 6.79 Å². The van der Waals surface area contributed by atoms with Gasteiger partial charge < -0.3 is 25.4 Å².